The number of halogens is 1. The van der Waals surface area contributed by atoms with Gasteiger partial charge in [-0.3, -0.25) is 0 Å². The van der Waals surface area contributed by atoms with Crippen molar-refractivity contribution >= 4 is 27.5 Å². The van der Waals surface area contributed by atoms with Crippen LogP contribution in [0.1, 0.15) is 5.56 Å². The lowest BCUT2D eigenvalue weighted by Crippen LogP contribution is -2.26. The molecule has 1 aromatic carbocycles. The Labute approximate surface area is 109 Å². The molecule has 0 bridgehead atoms. The number of hydrogen-bond acceptors (Lipinski definition) is 4. The first-order chi connectivity index (χ1) is 8.04. The van der Waals surface area contributed by atoms with Gasteiger partial charge in [-0.2, -0.15) is 0 Å². The molecule has 0 heterocycles. The molecule has 0 aliphatic heterocycles. The van der Waals surface area contributed by atoms with Crippen molar-refractivity contribution < 1.29 is 9.53 Å². The van der Waals surface area contributed by atoms with Crippen LogP contribution in [0, 0.1) is 0 Å². The third-order valence-corrected chi connectivity index (χ3v) is 2.56. The highest BCUT2D eigenvalue weighted by Gasteiger charge is 2.12. The number of benzene rings is 1. The fraction of sp³-hybridized carbons (Fsp3) is 0.250. The minimum absolute atomic E-state index is 0.373. The van der Waals surface area contributed by atoms with E-state index >= 15 is 0 Å². The summed E-state index contributed by atoms with van der Waals surface area (Å²) in [6.45, 7) is 0. The van der Waals surface area contributed by atoms with Crippen LogP contribution in [-0.2, 0) is 9.53 Å². The maximum atomic E-state index is 11.6. The summed E-state index contributed by atoms with van der Waals surface area (Å²) in [6, 6.07) is 7.46. The van der Waals surface area contributed by atoms with Crippen molar-refractivity contribution in [2.24, 2.45) is 0 Å². The smallest absolute Gasteiger partial charge is 0.339 e. The maximum absolute atomic E-state index is 11.6. The van der Waals surface area contributed by atoms with Crippen LogP contribution in [0.5, 0.6) is 0 Å². The van der Waals surface area contributed by atoms with Crippen molar-refractivity contribution in [1.29, 1.82) is 0 Å². The van der Waals surface area contributed by atoms with Gasteiger partial charge in [0.2, 0.25) is 0 Å². The Hall–Kier alpha value is -1.33. The van der Waals surface area contributed by atoms with E-state index in [1.165, 1.54) is 7.11 Å². The monoisotopic (exact) mass is 298 g/mol. The van der Waals surface area contributed by atoms with Crippen LogP contribution in [-0.4, -0.2) is 32.2 Å². The minimum atomic E-state index is -0.373. The topological polar surface area (TPSA) is 41.6 Å². The van der Waals surface area contributed by atoms with Crippen LogP contribution >= 0.6 is 15.9 Å². The van der Waals surface area contributed by atoms with Gasteiger partial charge in [-0.05, 0) is 17.7 Å². The van der Waals surface area contributed by atoms with E-state index in [1.807, 2.05) is 38.4 Å². The highest BCUT2D eigenvalue weighted by atomic mass is 79.9. The van der Waals surface area contributed by atoms with Gasteiger partial charge in [0.1, 0.15) is 0 Å². The number of nitrogens with one attached hydrogen (secondary N) is 1. The van der Waals surface area contributed by atoms with Crippen molar-refractivity contribution in [2.75, 3.05) is 21.2 Å². The van der Waals surface area contributed by atoms with Gasteiger partial charge in [0.15, 0.2) is 0 Å². The number of esters is 1. The summed E-state index contributed by atoms with van der Waals surface area (Å²) >= 11 is 3.35. The summed E-state index contributed by atoms with van der Waals surface area (Å²) in [6.07, 6.45) is 1.62. The largest absolute Gasteiger partial charge is 0.465 e. The molecule has 1 N–H and O–H groups in total. The van der Waals surface area contributed by atoms with Crippen LogP contribution in [0.15, 0.2) is 34.9 Å². The van der Waals surface area contributed by atoms with Gasteiger partial charge in [-0.1, -0.05) is 28.1 Å². The molecule has 0 atom stereocenters. The first kappa shape index (κ1) is 13.7. The molecule has 1 rings (SSSR count). The molecular formula is C12H15BrN2O2. The number of carbonyl (C=O) groups is 1. The van der Waals surface area contributed by atoms with E-state index in [-0.39, 0.29) is 5.97 Å². The second kappa shape index (κ2) is 6.42. The number of ether oxygens (including phenoxy) is 1. The van der Waals surface area contributed by atoms with Crippen molar-refractivity contribution in [3.8, 4) is 0 Å². The van der Waals surface area contributed by atoms with E-state index < -0.39 is 0 Å². The van der Waals surface area contributed by atoms with Gasteiger partial charge in [-0.25, -0.2) is 9.80 Å². The number of rotatable bonds is 4. The van der Waals surface area contributed by atoms with Gasteiger partial charge in [0.05, 0.1) is 12.7 Å². The van der Waals surface area contributed by atoms with Gasteiger partial charge < -0.3 is 10.2 Å². The molecule has 0 saturated carbocycles. The quantitative estimate of drug-likeness (QED) is 0.525. The summed E-state index contributed by atoms with van der Waals surface area (Å²) in [5.41, 5.74) is 4.21. The summed E-state index contributed by atoms with van der Waals surface area (Å²) < 4.78 is 5.72. The molecule has 0 saturated heterocycles. The third-order valence-electron chi connectivity index (χ3n) is 2.03. The molecule has 0 unspecified atom stereocenters. The molecule has 0 aliphatic carbocycles. The zero-order valence-corrected chi connectivity index (χ0v) is 11.6. The fourth-order valence-corrected chi connectivity index (χ4v) is 1.46. The zero-order chi connectivity index (χ0) is 12.8. The first-order valence-corrected chi connectivity index (χ1v) is 5.82. The number of hydrogen-bond donors (Lipinski definition) is 1. The van der Waals surface area contributed by atoms with Crippen LogP contribution in [0.4, 0.5) is 0 Å². The van der Waals surface area contributed by atoms with Gasteiger partial charge in [-0.15, -0.1) is 0 Å². The minimum Gasteiger partial charge on any atom is -0.465 e. The molecular weight excluding hydrogens is 284 g/mol. The van der Waals surface area contributed by atoms with Crippen LogP contribution in [0.25, 0.3) is 5.57 Å². The molecule has 0 aliphatic rings. The van der Waals surface area contributed by atoms with Crippen molar-refractivity contribution in [2.45, 2.75) is 0 Å². The predicted molar refractivity (Wildman–Crippen MR) is 71.0 cm³/mol. The van der Waals surface area contributed by atoms with E-state index in [9.17, 15) is 4.79 Å². The Balaban J connectivity index is 3.02. The molecule has 0 fully saturated rings. The van der Waals surface area contributed by atoms with E-state index in [4.69, 9.17) is 4.74 Å². The molecule has 0 amide bonds. The summed E-state index contributed by atoms with van der Waals surface area (Å²) in [7, 11) is 5.05. The van der Waals surface area contributed by atoms with E-state index in [0.29, 0.717) is 5.57 Å². The Kier molecular flexibility index (Phi) is 5.18. The molecule has 0 aromatic heterocycles. The number of carbonyl (C=O) groups excluding carboxylic acids is 1. The third kappa shape index (κ3) is 4.20. The average Bonchev–Trinajstić information content (AvgIpc) is 2.30. The SMILES string of the molecule is COC(=O)/C(=C\NN(C)C)c1ccc(Br)cc1. The molecule has 0 radical (unpaired) electrons. The molecule has 92 valence electrons. The first-order valence-electron chi connectivity index (χ1n) is 5.02. The Morgan fingerprint density at radius 3 is 2.41 bits per heavy atom. The zero-order valence-electron chi connectivity index (χ0n) is 10.0. The molecule has 17 heavy (non-hydrogen) atoms. The lowest BCUT2D eigenvalue weighted by molar-refractivity contribution is -0.133. The maximum Gasteiger partial charge on any atom is 0.339 e. The molecule has 5 heteroatoms. The normalized spacial score (nSPS) is 11.5. The summed E-state index contributed by atoms with van der Waals surface area (Å²) in [5, 5.41) is 1.74. The highest BCUT2D eigenvalue weighted by molar-refractivity contribution is 9.10. The standard InChI is InChI=1S/C12H15BrN2O2/c1-15(2)14-8-11(12(16)17-3)9-4-6-10(13)7-5-9/h4-8,14H,1-3H3/b11-8-. The second-order valence-electron chi connectivity index (χ2n) is 3.58. The summed E-state index contributed by atoms with van der Waals surface area (Å²) in [5.74, 6) is -0.373. The van der Waals surface area contributed by atoms with Crippen LogP contribution in [0.2, 0.25) is 0 Å². The number of methoxy groups -OCH3 is 1. The predicted octanol–water partition coefficient (Wildman–Crippen LogP) is 2.03. The number of nitrogens with zero attached hydrogens (tertiary/aromatic N) is 1. The lowest BCUT2D eigenvalue weighted by Gasteiger charge is -2.11. The molecule has 0 spiro atoms. The second-order valence-corrected chi connectivity index (χ2v) is 4.50. The van der Waals surface area contributed by atoms with E-state index in [2.05, 4.69) is 21.4 Å². The van der Waals surface area contributed by atoms with Crippen molar-refractivity contribution in [3.05, 3.63) is 40.5 Å². The molecule has 4 nitrogen and oxygen atoms in total. The fourth-order valence-electron chi connectivity index (χ4n) is 1.19. The van der Waals surface area contributed by atoms with Crippen molar-refractivity contribution in [1.82, 2.24) is 10.4 Å². The Bertz CT molecular complexity index is 413. The molecule has 1 aromatic rings. The van der Waals surface area contributed by atoms with E-state index in [1.54, 1.807) is 11.2 Å². The van der Waals surface area contributed by atoms with E-state index in [0.717, 1.165) is 10.0 Å². The lowest BCUT2D eigenvalue weighted by atomic mass is 10.1. The van der Waals surface area contributed by atoms with Crippen molar-refractivity contribution in [3.63, 3.8) is 0 Å². The van der Waals surface area contributed by atoms with Gasteiger partial charge in [0.25, 0.3) is 0 Å². The number of hydrazine groups is 1. The van der Waals surface area contributed by atoms with Gasteiger partial charge >= 0.3 is 5.97 Å². The average molecular weight is 299 g/mol. The Morgan fingerprint density at radius 2 is 1.94 bits per heavy atom. The van der Waals surface area contributed by atoms with Crippen LogP contribution < -0.4 is 5.43 Å². The highest BCUT2D eigenvalue weighted by Crippen LogP contribution is 2.18. The van der Waals surface area contributed by atoms with Gasteiger partial charge in [0, 0.05) is 24.8 Å². The van der Waals surface area contributed by atoms with Crippen LogP contribution in [0.3, 0.4) is 0 Å². The Morgan fingerprint density at radius 1 is 1.35 bits per heavy atom. The summed E-state index contributed by atoms with van der Waals surface area (Å²) in [4.78, 5) is 11.6.